The molecular weight excluding hydrogens is 278 g/mol. The van der Waals surface area contributed by atoms with Gasteiger partial charge in [-0.05, 0) is 18.2 Å². The van der Waals surface area contributed by atoms with Crippen LogP contribution >= 0.6 is 0 Å². The molecule has 1 fully saturated rings. The number of ether oxygens (including phenoxy) is 1. The van der Waals surface area contributed by atoms with Crippen molar-refractivity contribution >= 4 is 5.82 Å². The number of hydrogen-bond donors (Lipinski definition) is 0. The number of anilines is 1. The largest absolute Gasteiger partial charge is 0.369 e. The Kier molecular flexibility index (Phi) is 4.40. The summed E-state index contributed by atoms with van der Waals surface area (Å²) in [5.41, 5.74) is 2.22. The van der Waals surface area contributed by atoms with E-state index in [1.165, 1.54) is 5.69 Å². The highest BCUT2D eigenvalue weighted by atomic mass is 16.5. The lowest BCUT2D eigenvalue weighted by atomic mass is 10.1. The smallest absolute Gasteiger partial charge is 0.128 e. The fourth-order valence-corrected chi connectivity index (χ4v) is 2.68. The van der Waals surface area contributed by atoms with Crippen LogP contribution in [0.5, 0.6) is 0 Å². The molecule has 2 aromatic rings. The standard InChI is InChI=1S/C16H23N5O/c1-19(2)16-6-4-5-14(18-16)15-12-21(9-10-22-15)11-13-7-8-17-20(13)3/h4-8,15H,9-12H2,1-3H3/t15-/m1/s1. The molecule has 0 saturated carbocycles. The number of morpholine rings is 1. The summed E-state index contributed by atoms with van der Waals surface area (Å²) in [6.07, 6.45) is 1.87. The van der Waals surface area contributed by atoms with E-state index in [9.17, 15) is 0 Å². The maximum absolute atomic E-state index is 5.93. The molecule has 1 atom stereocenters. The van der Waals surface area contributed by atoms with Gasteiger partial charge in [-0.1, -0.05) is 6.07 Å². The van der Waals surface area contributed by atoms with Crippen molar-refractivity contribution < 1.29 is 4.74 Å². The van der Waals surface area contributed by atoms with Gasteiger partial charge in [0.05, 0.1) is 18.0 Å². The van der Waals surface area contributed by atoms with Gasteiger partial charge < -0.3 is 9.64 Å². The average Bonchev–Trinajstić information content (AvgIpc) is 2.93. The fraction of sp³-hybridized carbons (Fsp3) is 0.500. The zero-order valence-electron chi connectivity index (χ0n) is 13.4. The summed E-state index contributed by atoms with van der Waals surface area (Å²) in [5, 5.41) is 4.23. The van der Waals surface area contributed by atoms with E-state index in [1.807, 2.05) is 55.1 Å². The van der Waals surface area contributed by atoms with E-state index in [-0.39, 0.29) is 6.10 Å². The Hall–Kier alpha value is -1.92. The number of aromatic nitrogens is 3. The number of rotatable bonds is 4. The summed E-state index contributed by atoms with van der Waals surface area (Å²) in [7, 11) is 5.99. The molecule has 2 aromatic heterocycles. The maximum atomic E-state index is 5.93. The van der Waals surface area contributed by atoms with Crippen molar-refractivity contribution in [1.82, 2.24) is 19.7 Å². The molecule has 1 aliphatic rings. The fourth-order valence-electron chi connectivity index (χ4n) is 2.68. The molecule has 3 heterocycles. The van der Waals surface area contributed by atoms with Crippen LogP contribution in [0.4, 0.5) is 5.82 Å². The molecule has 0 radical (unpaired) electrons. The summed E-state index contributed by atoms with van der Waals surface area (Å²) >= 11 is 0. The minimum absolute atomic E-state index is 0.0295. The van der Waals surface area contributed by atoms with E-state index < -0.39 is 0 Å². The third-order valence-corrected chi connectivity index (χ3v) is 4.00. The van der Waals surface area contributed by atoms with Crippen LogP contribution < -0.4 is 4.90 Å². The van der Waals surface area contributed by atoms with Gasteiger partial charge in [0, 0.05) is 47.0 Å². The van der Waals surface area contributed by atoms with Crippen molar-refractivity contribution in [2.24, 2.45) is 7.05 Å². The monoisotopic (exact) mass is 301 g/mol. The minimum Gasteiger partial charge on any atom is -0.369 e. The molecule has 6 nitrogen and oxygen atoms in total. The van der Waals surface area contributed by atoms with Gasteiger partial charge in [-0.25, -0.2) is 4.98 Å². The lowest BCUT2D eigenvalue weighted by molar-refractivity contribution is -0.0355. The highest BCUT2D eigenvalue weighted by molar-refractivity contribution is 5.37. The number of aryl methyl sites for hydroxylation is 1. The quantitative estimate of drug-likeness (QED) is 0.855. The first-order chi connectivity index (χ1) is 10.6. The molecule has 0 unspecified atom stereocenters. The lowest BCUT2D eigenvalue weighted by Gasteiger charge is -2.32. The summed E-state index contributed by atoms with van der Waals surface area (Å²) in [5.74, 6) is 0.963. The molecule has 0 spiro atoms. The lowest BCUT2D eigenvalue weighted by Crippen LogP contribution is -2.38. The molecule has 22 heavy (non-hydrogen) atoms. The second kappa shape index (κ2) is 6.46. The molecule has 3 rings (SSSR count). The van der Waals surface area contributed by atoms with Crippen molar-refractivity contribution in [2.75, 3.05) is 38.7 Å². The van der Waals surface area contributed by atoms with Crippen LogP contribution in [0.3, 0.4) is 0 Å². The van der Waals surface area contributed by atoms with E-state index >= 15 is 0 Å². The Morgan fingerprint density at radius 2 is 2.18 bits per heavy atom. The van der Waals surface area contributed by atoms with Gasteiger partial charge in [0.1, 0.15) is 11.9 Å². The third-order valence-electron chi connectivity index (χ3n) is 4.00. The van der Waals surface area contributed by atoms with E-state index in [2.05, 4.69) is 16.1 Å². The highest BCUT2D eigenvalue weighted by Gasteiger charge is 2.24. The zero-order chi connectivity index (χ0) is 15.5. The van der Waals surface area contributed by atoms with Gasteiger partial charge in [0.2, 0.25) is 0 Å². The molecule has 0 bridgehead atoms. The van der Waals surface area contributed by atoms with Crippen LogP contribution in [0, 0.1) is 0 Å². The Morgan fingerprint density at radius 1 is 1.32 bits per heavy atom. The first-order valence-electron chi connectivity index (χ1n) is 7.58. The molecule has 0 amide bonds. The minimum atomic E-state index is 0.0295. The Balaban J connectivity index is 1.70. The normalized spacial score (nSPS) is 19.3. The SMILES string of the molecule is CN(C)c1cccc([C@H]2CN(Cc3ccnn3C)CCO2)n1. The van der Waals surface area contributed by atoms with Crippen LogP contribution in [-0.4, -0.2) is 53.5 Å². The first kappa shape index (κ1) is 15.0. The Morgan fingerprint density at radius 3 is 2.91 bits per heavy atom. The van der Waals surface area contributed by atoms with Crippen LogP contribution in [-0.2, 0) is 18.3 Å². The second-order valence-corrected chi connectivity index (χ2v) is 5.86. The van der Waals surface area contributed by atoms with Crippen LogP contribution in [0.25, 0.3) is 0 Å². The van der Waals surface area contributed by atoms with Gasteiger partial charge >= 0.3 is 0 Å². The van der Waals surface area contributed by atoms with Crippen molar-refractivity contribution in [3.63, 3.8) is 0 Å². The maximum Gasteiger partial charge on any atom is 0.128 e. The molecule has 1 saturated heterocycles. The predicted molar refractivity (Wildman–Crippen MR) is 85.7 cm³/mol. The van der Waals surface area contributed by atoms with Gasteiger partial charge in [-0.15, -0.1) is 0 Å². The Labute approximate surface area is 131 Å². The van der Waals surface area contributed by atoms with E-state index in [4.69, 9.17) is 9.72 Å². The second-order valence-electron chi connectivity index (χ2n) is 5.86. The van der Waals surface area contributed by atoms with Crippen LogP contribution in [0.15, 0.2) is 30.5 Å². The Bertz CT molecular complexity index is 625. The summed E-state index contributed by atoms with van der Waals surface area (Å²) < 4.78 is 7.86. The summed E-state index contributed by atoms with van der Waals surface area (Å²) in [4.78, 5) is 9.11. The van der Waals surface area contributed by atoms with Gasteiger partial charge in [0.15, 0.2) is 0 Å². The summed E-state index contributed by atoms with van der Waals surface area (Å²) in [6, 6.07) is 8.17. The summed E-state index contributed by atoms with van der Waals surface area (Å²) in [6.45, 7) is 3.42. The number of hydrogen-bond acceptors (Lipinski definition) is 5. The molecule has 0 aromatic carbocycles. The average molecular weight is 301 g/mol. The van der Waals surface area contributed by atoms with E-state index in [0.717, 1.165) is 37.8 Å². The molecule has 6 heteroatoms. The topological polar surface area (TPSA) is 46.4 Å². The van der Waals surface area contributed by atoms with Crippen molar-refractivity contribution in [2.45, 2.75) is 12.6 Å². The number of nitrogens with zero attached hydrogens (tertiary/aromatic N) is 5. The molecule has 0 aliphatic carbocycles. The van der Waals surface area contributed by atoms with Crippen molar-refractivity contribution in [3.05, 3.63) is 41.9 Å². The third kappa shape index (κ3) is 3.28. The van der Waals surface area contributed by atoms with E-state index in [1.54, 1.807) is 0 Å². The molecule has 1 aliphatic heterocycles. The van der Waals surface area contributed by atoms with Gasteiger partial charge in [-0.2, -0.15) is 5.10 Å². The van der Waals surface area contributed by atoms with Gasteiger partial charge in [0.25, 0.3) is 0 Å². The number of pyridine rings is 1. The van der Waals surface area contributed by atoms with Crippen LogP contribution in [0.2, 0.25) is 0 Å². The first-order valence-corrected chi connectivity index (χ1v) is 7.58. The van der Waals surface area contributed by atoms with Crippen molar-refractivity contribution in [3.8, 4) is 0 Å². The molecule has 118 valence electrons. The molecule has 0 N–H and O–H groups in total. The van der Waals surface area contributed by atoms with E-state index in [0.29, 0.717) is 0 Å². The van der Waals surface area contributed by atoms with Gasteiger partial charge in [-0.3, -0.25) is 9.58 Å². The predicted octanol–water partition coefficient (Wildman–Crippen LogP) is 1.45. The highest BCUT2D eigenvalue weighted by Crippen LogP contribution is 2.23. The van der Waals surface area contributed by atoms with Crippen LogP contribution in [0.1, 0.15) is 17.5 Å². The zero-order valence-corrected chi connectivity index (χ0v) is 13.4. The van der Waals surface area contributed by atoms with Crippen molar-refractivity contribution in [1.29, 1.82) is 0 Å². The molecular formula is C16H23N5O.